The van der Waals surface area contributed by atoms with Crippen molar-refractivity contribution in [3.8, 4) is 0 Å². The fourth-order valence-electron chi connectivity index (χ4n) is 9.48. The number of carbonyl (C=O) groups is 1. The molecule has 3 nitrogen and oxygen atoms in total. The SMILES string of the molecule is CCCCCCCCCCCCCCCCCCCCCCCCCCCCCC(CC1CC(SCCCS)=CC(=O)O1)O[Si](c1ccccc1)(c1ccccc1)C(C)(C)C. The van der Waals surface area contributed by atoms with Crippen LogP contribution in [0.25, 0.3) is 0 Å². The lowest BCUT2D eigenvalue weighted by atomic mass is 10.0. The molecule has 1 aliphatic rings. The Morgan fingerprint density at radius 1 is 0.623 bits per heavy atom. The van der Waals surface area contributed by atoms with Crippen molar-refractivity contribution >= 4 is 49.1 Å². The van der Waals surface area contributed by atoms with Gasteiger partial charge in [-0.3, -0.25) is 0 Å². The summed E-state index contributed by atoms with van der Waals surface area (Å²) in [6.45, 7) is 9.38. The largest absolute Gasteiger partial charge is 0.459 e. The fraction of sp³-hybridized carbons (Fsp3) is 0.727. The predicted molar refractivity (Wildman–Crippen MR) is 276 cm³/mol. The highest BCUT2D eigenvalue weighted by Gasteiger charge is 2.51. The number of thiol groups is 1. The topological polar surface area (TPSA) is 35.5 Å². The summed E-state index contributed by atoms with van der Waals surface area (Å²) in [6, 6.07) is 22.0. The average molecular weight is 894 g/mol. The number of hydrogen-bond acceptors (Lipinski definition) is 5. The van der Waals surface area contributed by atoms with Crippen molar-refractivity contribution in [2.24, 2.45) is 0 Å². The zero-order valence-electron chi connectivity index (χ0n) is 39.9. The van der Waals surface area contributed by atoms with Crippen LogP contribution in [0.1, 0.15) is 227 Å². The maximum absolute atomic E-state index is 12.8. The Hall–Kier alpha value is -1.47. The molecule has 1 heterocycles. The molecule has 0 N–H and O–H groups in total. The number of thioether (sulfide) groups is 1. The Kier molecular flexibility index (Phi) is 30.0. The van der Waals surface area contributed by atoms with E-state index < -0.39 is 8.32 Å². The third-order valence-corrected chi connectivity index (χ3v) is 19.6. The molecule has 0 radical (unpaired) electrons. The van der Waals surface area contributed by atoms with Crippen molar-refractivity contribution in [1.82, 2.24) is 0 Å². The van der Waals surface area contributed by atoms with Gasteiger partial charge in [0.1, 0.15) is 6.10 Å². The first kappa shape index (κ1) is 53.9. The molecule has 1 aliphatic heterocycles. The highest BCUT2D eigenvalue weighted by Crippen LogP contribution is 2.39. The van der Waals surface area contributed by atoms with Crippen LogP contribution in [-0.2, 0) is 14.0 Å². The normalized spacial score (nSPS) is 15.2. The predicted octanol–water partition coefficient (Wildman–Crippen LogP) is 16.5. The molecule has 0 saturated heterocycles. The number of rotatable bonds is 38. The summed E-state index contributed by atoms with van der Waals surface area (Å²) in [5.41, 5.74) is 0. The minimum atomic E-state index is -2.75. The average Bonchev–Trinajstić information content (AvgIpc) is 3.25. The van der Waals surface area contributed by atoms with Gasteiger partial charge in [-0.2, -0.15) is 12.6 Å². The smallest absolute Gasteiger partial charge is 0.331 e. The Bertz CT molecular complexity index is 1340. The molecule has 3 rings (SSSR count). The standard InChI is InChI=1S/C55H92O3S2Si/c1-5-6-7-8-9-10-11-12-13-14-15-16-17-18-19-20-21-22-23-24-25-26-27-28-29-30-33-39-49(46-50-47-51(48-54(56)57-50)60-45-38-44-59)58-61(55(2,3)4,52-40-34-31-35-41-52)53-42-36-32-37-43-53/h31-32,34-37,40-43,48-50,59H,5-30,33,38-39,44-47H2,1-4H3. The first-order valence-electron chi connectivity index (χ1n) is 25.7. The zero-order chi connectivity index (χ0) is 43.7. The van der Waals surface area contributed by atoms with Gasteiger partial charge in [0, 0.05) is 25.0 Å². The summed E-state index contributed by atoms with van der Waals surface area (Å²) in [7, 11) is -2.75. The van der Waals surface area contributed by atoms with E-state index in [9.17, 15) is 4.79 Å². The summed E-state index contributed by atoms with van der Waals surface area (Å²) in [6.07, 6.45) is 43.2. The summed E-state index contributed by atoms with van der Waals surface area (Å²) in [5.74, 6) is 1.64. The molecule has 61 heavy (non-hydrogen) atoms. The minimum absolute atomic E-state index is 0.00473. The second-order valence-corrected chi connectivity index (χ2v) is 25.3. The molecule has 0 bridgehead atoms. The highest BCUT2D eigenvalue weighted by molar-refractivity contribution is 8.03. The van der Waals surface area contributed by atoms with Gasteiger partial charge in [-0.25, -0.2) is 4.79 Å². The molecule has 0 amide bonds. The summed E-state index contributed by atoms with van der Waals surface area (Å²) in [5, 5.41) is 2.51. The van der Waals surface area contributed by atoms with Crippen LogP contribution >= 0.6 is 24.4 Å². The Morgan fingerprint density at radius 3 is 1.39 bits per heavy atom. The maximum Gasteiger partial charge on any atom is 0.331 e. The third-order valence-electron chi connectivity index (χ3n) is 13.0. The summed E-state index contributed by atoms with van der Waals surface area (Å²) >= 11 is 6.19. The summed E-state index contributed by atoms with van der Waals surface area (Å²) < 4.78 is 13.7. The Morgan fingerprint density at radius 2 is 1.02 bits per heavy atom. The van der Waals surface area contributed by atoms with Crippen LogP contribution in [0.5, 0.6) is 0 Å². The number of esters is 1. The molecule has 2 unspecified atom stereocenters. The molecule has 6 heteroatoms. The van der Waals surface area contributed by atoms with Gasteiger partial charge in [0.05, 0.1) is 0 Å². The lowest BCUT2D eigenvalue weighted by Gasteiger charge is -2.45. The van der Waals surface area contributed by atoms with Crippen molar-refractivity contribution in [3.63, 3.8) is 0 Å². The Balaban J connectivity index is 1.33. The molecule has 0 aliphatic carbocycles. The molecular formula is C55H92O3S2Si. The summed E-state index contributed by atoms with van der Waals surface area (Å²) in [4.78, 5) is 14.0. The molecule has 0 spiro atoms. The van der Waals surface area contributed by atoms with Crippen LogP contribution in [-0.4, -0.2) is 38.0 Å². The van der Waals surface area contributed by atoms with Gasteiger partial charge >= 0.3 is 5.97 Å². The Labute approximate surface area is 388 Å². The van der Waals surface area contributed by atoms with Crippen LogP contribution < -0.4 is 10.4 Å². The van der Waals surface area contributed by atoms with Gasteiger partial charge in [0.2, 0.25) is 0 Å². The second kappa shape index (κ2) is 34.0. The number of unbranched alkanes of at least 4 members (excludes halogenated alkanes) is 26. The highest BCUT2D eigenvalue weighted by atomic mass is 32.2. The number of hydrogen-bond donors (Lipinski definition) is 1. The van der Waals surface area contributed by atoms with Gasteiger partial charge in [0.25, 0.3) is 8.32 Å². The van der Waals surface area contributed by atoms with Crippen LogP contribution in [0.15, 0.2) is 71.6 Å². The zero-order valence-corrected chi connectivity index (χ0v) is 42.6. The third kappa shape index (κ3) is 22.8. The molecular weight excluding hydrogens is 801 g/mol. The van der Waals surface area contributed by atoms with Crippen LogP contribution in [0.4, 0.5) is 0 Å². The van der Waals surface area contributed by atoms with Gasteiger partial charge < -0.3 is 9.16 Å². The first-order chi connectivity index (χ1) is 29.8. The molecule has 0 aromatic heterocycles. The van der Waals surface area contributed by atoms with E-state index in [1.807, 2.05) is 0 Å². The molecule has 2 aromatic rings. The van der Waals surface area contributed by atoms with Gasteiger partial charge in [-0.05, 0) is 44.7 Å². The second-order valence-electron chi connectivity index (χ2n) is 19.4. The van der Waals surface area contributed by atoms with Crippen molar-refractivity contribution < 1.29 is 14.0 Å². The van der Waals surface area contributed by atoms with E-state index in [0.717, 1.165) is 48.5 Å². The lowest BCUT2D eigenvalue weighted by Crippen LogP contribution is -2.67. The molecule has 0 saturated carbocycles. The van der Waals surface area contributed by atoms with E-state index in [0.29, 0.717) is 0 Å². The van der Waals surface area contributed by atoms with E-state index in [-0.39, 0.29) is 23.2 Å². The van der Waals surface area contributed by atoms with Crippen molar-refractivity contribution in [3.05, 3.63) is 71.6 Å². The van der Waals surface area contributed by atoms with E-state index in [1.165, 1.54) is 177 Å². The first-order valence-corrected chi connectivity index (χ1v) is 29.3. The molecule has 2 aromatic carbocycles. The van der Waals surface area contributed by atoms with E-state index >= 15 is 0 Å². The van der Waals surface area contributed by atoms with Gasteiger partial charge in [0.15, 0.2) is 0 Å². The quantitative estimate of drug-likeness (QED) is 0.0315. The van der Waals surface area contributed by atoms with Crippen molar-refractivity contribution in [2.45, 2.75) is 244 Å². The number of cyclic esters (lactones) is 1. The number of carbonyl (C=O) groups excluding carboxylic acids is 1. The lowest BCUT2D eigenvalue weighted by molar-refractivity contribution is -0.145. The van der Waals surface area contributed by atoms with Crippen LogP contribution in [0.3, 0.4) is 0 Å². The number of ether oxygens (including phenoxy) is 1. The van der Waals surface area contributed by atoms with E-state index in [1.54, 1.807) is 17.8 Å². The fourth-order valence-corrected chi connectivity index (χ4v) is 15.6. The molecule has 2 atom stereocenters. The van der Waals surface area contributed by atoms with Crippen molar-refractivity contribution in [2.75, 3.05) is 11.5 Å². The van der Waals surface area contributed by atoms with Gasteiger partial charge in [-0.15, -0.1) is 11.8 Å². The van der Waals surface area contributed by atoms with Gasteiger partial charge in [-0.1, -0.05) is 262 Å². The van der Waals surface area contributed by atoms with Crippen LogP contribution in [0, 0.1) is 0 Å². The monoisotopic (exact) mass is 893 g/mol. The molecule has 346 valence electrons. The maximum atomic E-state index is 12.8. The van der Waals surface area contributed by atoms with E-state index in [4.69, 9.17) is 9.16 Å². The van der Waals surface area contributed by atoms with Crippen molar-refractivity contribution in [1.29, 1.82) is 0 Å². The van der Waals surface area contributed by atoms with Crippen LogP contribution in [0.2, 0.25) is 5.04 Å². The minimum Gasteiger partial charge on any atom is -0.459 e. The van der Waals surface area contributed by atoms with E-state index in [2.05, 4.69) is 101 Å². The molecule has 0 fully saturated rings. The number of benzene rings is 2.